The summed E-state index contributed by atoms with van der Waals surface area (Å²) in [7, 11) is 0. The van der Waals surface area contributed by atoms with E-state index in [9.17, 15) is 9.59 Å². The fourth-order valence-electron chi connectivity index (χ4n) is 7.50. The summed E-state index contributed by atoms with van der Waals surface area (Å²) in [5, 5.41) is 4.51. The van der Waals surface area contributed by atoms with Crippen molar-refractivity contribution in [3.8, 4) is 0 Å². The summed E-state index contributed by atoms with van der Waals surface area (Å²) in [6.45, 7) is 12.1. The van der Waals surface area contributed by atoms with Gasteiger partial charge in [0.05, 0.1) is 17.0 Å². The summed E-state index contributed by atoms with van der Waals surface area (Å²) in [6, 6.07) is 10.1. The van der Waals surface area contributed by atoms with Crippen LogP contribution in [0.5, 0.6) is 0 Å². The number of piperidine rings is 3. The number of hydrogen-bond donors (Lipinski definition) is 1. The molecule has 1 aromatic heterocycles. The van der Waals surface area contributed by atoms with E-state index in [-0.39, 0.29) is 24.0 Å². The highest BCUT2D eigenvalue weighted by Crippen LogP contribution is 2.65. The van der Waals surface area contributed by atoms with Crippen molar-refractivity contribution in [2.45, 2.75) is 64.1 Å². The average molecular weight is 474 g/mol. The molecule has 0 radical (unpaired) electrons. The number of nitrogens with zero attached hydrogens (tertiary/aromatic N) is 2. The number of rotatable bonds is 5. The number of pyridine rings is 1. The molecule has 7 atom stereocenters. The van der Waals surface area contributed by atoms with Crippen LogP contribution in [0.3, 0.4) is 0 Å². The zero-order valence-corrected chi connectivity index (χ0v) is 20.9. The Hall–Kier alpha value is -2.73. The van der Waals surface area contributed by atoms with Crippen molar-refractivity contribution in [2.24, 2.45) is 22.7 Å². The first-order valence-electron chi connectivity index (χ1n) is 13.0. The predicted molar refractivity (Wildman–Crippen MR) is 134 cm³/mol. The van der Waals surface area contributed by atoms with Gasteiger partial charge in [0, 0.05) is 29.6 Å². The summed E-state index contributed by atoms with van der Waals surface area (Å²) < 4.78 is 5.95. The highest BCUT2D eigenvalue weighted by Gasteiger charge is 2.75. The zero-order valence-electron chi connectivity index (χ0n) is 20.9. The van der Waals surface area contributed by atoms with Crippen LogP contribution in [0.15, 0.2) is 49.2 Å². The van der Waals surface area contributed by atoms with E-state index in [1.165, 1.54) is 0 Å². The standard InChI is InChI=1S/C29H35N3O3/c1-5-18-17-32-15-11-19(18)16-23(32)24(21-10-14-30-22-9-7-6-8-20(21)22)31-25(33)29-13-12-28(4,26(34)35-29)27(29,2)3/h5-10,14,18-19,23-24H,1,11-13,15-17H2,2-4H3,(H,31,33)/t18-,19-,23+,24+,28-,29+/m0/s1. The molecule has 4 saturated heterocycles. The van der Waals surface area contributed by atoms with Gasteiger partial charge in [-0.1, -0.05) is 38.1 Å². The molecule has 1 aromatic carbocycles. The van der Waals surface area contributed by atoms with E-state index in [4.69, 9.17) is 4.74 Å². The van der Waals surface area contributed by atoms with Crippen LogP contribution in [0.1, 0.15) is 58.1 Å². The summed E-state index contributed by atoms with van der Waals surface area (Å²) in [4.78, 5) is 34.1. The first kappa shape index (κ1) is 22.7. The summed E-state index contributed by atoms with van der Waals surface area (Å²) in [5.74, 6) is 0.660. The minimum absolute atomic E-state index is 0.161. The number of carbonyl (C=O) groups excluding carboxylic acids is 2. The zero-order chi connectivity index (χ0) is 24.6. The van der Waals surface area contributed by atoms with Crippen LogP contribution in [0.25, 0.3) is 10.9 Å². The van der Waals surface area contributed by atoms with E-state index in [1.807, 2.05) is 51.2 Å². The Bertz CT molecular complexity index is 1220. The molecule has 6 nitrogen and oxygen atoms in total. The number of benzene rings is 1. The Kier molecular flexibility index (Phi) is 4.95. The van der Waals surface area contributed by atoms with Gasteiger partial charge in [-0.15, -0.1) is 6.58 Å². The van der Waals surface area contributed by atoms with Gasteiger partial charge in [0.2, 0.25) is 0 Å². The number of aromatic nitrogens is 1. The molecule has 1 amide bonds. The van der Waals surface area contributed by atoms with Gasteiger partial charge in [0.1, 0.15) is 0 Å². The monoisotopic (exact) mass is 473 g/mol. The second kappa shape index (κ2) is 7.63. The lowest BCUT2D eigenvalue weighted by molar-refractivity contribution is -0.169. The maximum absolute atomic E-state index is 14.2. The van der Waals surface area contributed by atoms with E-state index in [0.29, 0.717) is 24.7 Å². The molecular weight excluding hydrogens is 438 g/mol. The average Bonchev–Trinajstić information content (AvgIpc) is 3.17. The number of esters is 1. The number of fused-ring (bicyclic) bond motifs is 6. The van der Waals surface area contributed by atoms with Crippen LogP contribution in [0.2, 0.25) is 0 Å². The molecule has 2 aromatic rings. The van der Waals surface area contributed by atoms with Gasteiger partial charge in [-0.25, -0.2) is 0 Å². The lowest BCUT2D eigenvalue weighted by atomic mass is 9.66. The highest BCUT2D eigenvalue weighted by molar-refractivity contribution is 5.96. The van der Waals surface area contributed by atoms with Gasteiger partial charge in [-0.2, -0.15) is 0 Å². The van der Waals surface area contributed by atoms with Crippen LogP contribution < -0.4 is 5.32 Å². The van der Waals surface area contributed by atoms with Gasteiger partial charge >= 0.3 is 5.97 Å². The molecule has 0 spiro atoms. The van der Waals surface area contributed by atoms with Crippen molar-refractivity contribution in [3.63, 3.8) is 0 Å². The highest BCUT2D eigenvalue weighted by atomic mass is 16.6. The Labute approximate surface area is 207 Å². The third kappa shape index (κ3) is 2.95. The van der Waals surface area contributed by atoms with Crippen molar-refractivity contribution in [2.75, 3.05) is 13.1 Å². The van der Waals surface area contributed by atoms with Gasteiger partial charge in [-0.3, -0.25) is 19.5 Å². The van der Waals surface area contributed by atoms with E-state index in [1.54, 1.807) is 0 Å². The smallest absolute Gasteiger partial charge is 0.313 e. The molecular formula is C29H35N3O3. The first-order valence-corrected chi connectivity index (χ1v) is 13.0. The number of hydrogen-bond acceptors (Lipinski definition) is 5. The second-order valence-electron chi connectivity index (χ2n) is 11.8. The Balaban J connectivity index is 1.41. The van der Waals surface area contributed by atoms with Crippen LogP contribution in [-0.4, -0.2) is 46.5 Å². The summed E-state index contributed by atoms with van der Waals surface area (Å²) >= 11 is 0. The summed E-state index contributed by atoms with van der Waals surface area (Å²) in [6.07, 6.45) is 7.34. The molecule has 184 valence electrons. The molecule has 4 bridgehead atoms. The predicted octanol–water partition coefficient (Wildman–Crippen LogP) is 4.41. The van der Waals surface area contributed by atoms with Gasteiger partial charge < -0.3 is 10.1 Å². The quantitative estimate of drug-likeness (QED) is 0.515. The van der Waals surface area contributed by atoms with Crippen LogP contribution >= 0.6 is 0 Å². The Morgan fingerprint density at radius 3 is 2.71 bits per heavy atom. The summed E-state index contributed by atoms with van der Waals surface area (Å²) in [5.41, 5.74) is -0.342. The van der Waals surface area contributed by atoms with Crippen LogP contribution in [0.4, 0.5) is 0 Å². The number of amides is 1. The van der Waals surface area contributed by atoms with Crippen molar-refractivity contribution in [1.82, 2.24) is 15.2 Å². The van der Waals surface area contributed by atoms with Crippen LogP contribution in [0, 0.1) is 22.7 Å². The van der Waals surface area contributed by atoms with E-state index < -0.39 is 16.4 Å². The fraction of sp³-hybridized carbons (Fsp3) is 0.552. The van der Waals surface area contributed by atoms with Gasteiger partial charge in [0.15, 0.2) is 5.60 Å². The van der Waals surface area contributed by atoms with Gasteiger partial charge in [0.25, 0.3) is 5.91 Å². The minimum Gasteiger partial charge on any atom is -0.448 e. The van der Waals surface area contributed by atoms with Crippen molar-refractivity contribution in [1.29, 1.82) is 0 Å². The van der Waals surface area contributed by atoms with Gasteiger partial charge in [-0.05, 0) is 68.7 Å². The lowest BCUT2D eigenvalue weighted by Gasteiger charge is -2.52. The van der Waals surface area contributed by atoms with E-state index in [2.05, 4.69) is 33.9 Å². The maximum atomic E-state index is 14.2. The third-order valence-electron chi connectivity index (χ3n) is 10.3. The van der Waals surface area contributed by atoms with Crippen molar-refractivity contribution in [3.05, 3.63) is 54.7 Å². The molecule has 4 aliphatic heterocycles. The molecule has 7 rings (SSSR count). The second-order valence-corrected chi connectivity index (χ2v) is 11.8. The number of para-hydroxylation sites is 1. The first-order chi connectivity index (χ1) is 16.7. The molecule has 5 aliphatic rings. The molecule has 1 aliphatic carbocycles. The SMILES string of the molecule is C=C[C@H]1CN2CC[C@H]1C[C@@H]2[C@H](NC(=O)[C@@]12CC[C@@](C)(C(=O)O1)C2(C)C)c1ccnc2ccccc12. The molecule has 1 N–H and O–H groups in total. The molecule has 1 unspecified atom stereocenters. The van der Waals surface area contributed by atoms with Crippen LogP contribution in [-0.2, 0) is 14.3 Å². The number of ether oxygens (including phenoxy) is 1. The molecule has 5 fully saturated rings. The van der Waals surface area contributed by atoms with E-state index in [0.717, 1.165) is 42.4 Å². The van der Waals surface area contributed by atoms with Crippen molar-refractivity contribution >= 4 is 22.8 Å². The normalized spacial score (nSPS) is 37.7. The largest absolute Gasteiger partial charge is 0.448 e. The lowest BCUT2D eigenvalue weighted by Crippen LogP contribution is -2.60. The minimum atomic E-state index is -1.13. The Morgan fingerprint density at radius 2 is 2.06 bits per heavy atom. The Morgan fingerprint density at radius 1 is 1.26 bits per heavy atom. The third-order valence-corrected chi connectivity index (χ3v) is 10.3. The number of nitrogens with one attached hydrogen (secondary N) is 1. The molecule has 6 heteroatoms. The molecule has 1 saturated carbocycles. The van der Waals surface area contributed by atoms with E-state index >= 15 is 0 Å². The number of carbonyl (C=O) groups is 2. The molecule has 5 heterocycles. The van der Waals surface area contributed by atoms with Crippen molar-refractivity contribution < 1.29 is 14.3 Å². The fourth-order valence-corrected chi connectivity index (χ4v) is 7.50. The topological polar surface area (TPSA) is 71.5 Å². The maximum Gasteiger partial charge on any atom is 0.313 e. The molecule has 35 heavy (non-hydrogen) atoms.